The zero-order valence-corrected chi connectivity index (χ0v) is 20.2. The van der Waals surface area contributed by atoms with E-state index in [9.17, 15) is 21.0 Å². The molecule has 0 bridgehead atoms. The monoisotopic (exact) mass is 482 g/mol. The van der Waals surface area contributed by atoms with Gasteiger partial charge in [-0.15, -0.1) is 0 Å². The van der Waals surface area contributed by atoms with Crippen LogP contribution in [0.25, 0.3) is 44.5 Å². The summed E-state index contributed by atoms with van der Waals surface area (Å²) in [7, 11) is 0. The Labute approximate surface area is 221 Å². The topological polar surface area (TPSA) is 95.2 Å². The Morgan fingerprint density at radius 1 is 0.342 bits per heavy atom. The Morgan fingerprint density at radius 2 is 0.684 bits per heavy atom. The van der Waals surface area contributed by atoms with Gasteiger partial charge in [0.15, 0.2) is 0 Å². The molecule has 0 aromatic heterocycles. The van der Waals surface area contributed by atoms with Crippen LogP contribution in [-0.4, -0.2) is 0 Å². The number of hydrogen-bond donors (Lipinski definition) is 0. The van der Waals surface area contributed by atoms with Crippen LogP contribution in [-0.2, 0) is 0 Å². The molecule has 5 aromatic rings. The number of hydrogen-bond acceptors (Lipinski definition) is 4. The molecule has 0 unspecified atom stereocenters. The maximum atomic E-state index is 9.59. The molecule has 0 radical (unpaired) electrons. The van der Waals surface area contributed by atoms with Crippen molar-refractivity contribution in [3.63, 3.8) is 0 Å². The highest BCUT2D eigenvalue weighted by molar-refractivity contribution is 5.81. The minimum absolute atomic E-state index is 0.506. The van der Waals surface area contributed by atoms with Gasteiger partial charge in [0.05, 0.1) is 46.5 Å². The summed E-state index contributed by atoms with van der Waals surface area (Å²) in [6.45, 7) is 0. The van der Waals surface area contributed by atoms with Gasteiger partial charge in [0.25, 0.3) is 0 Å². The number of nitrogens with zero attached hydrogens (tertiary/aromatic N) is 4. The van der Waals surface area contributed by atoms with Gasteiger partial charge < -0.3 is 0 Å². The van der Waals surface area contributed by atoms with Gasteiger partial charge in [0, 0.05) is 11.1 Å². The van der Waals surface area contributed by atoms with E-state index in [4.69, 9.17) is 0 Å². The second-order valence-electron chi connectivity index (χ2n) is 8.71. The van der Waals surface area contributed by atoms with Gasteiger partial charge in [-0.25, -0.2) is 0 Å². The van der Waals surface area contributed by atoms with Crippen molar-refractivity contribution in [1.29, 1.82) is 21.0 Å². The van der Waals surface area contributed by atoms with E-state index in [1.807, 2.05) is 66.7 Å². The Bertz CT molecular complexity index is 1740. The molecule has 0 aliphatic carbocycles. The lowest BCUT2D eigenvalue weighted by atomic mass is 9.92. The predicted octanol–water partition coefficient (Wildman–Crippen LogP) is 7.84. The molecule has 0 heterocycles. The number of benzene rings is 5. The van der Waals surface area contributed by atoms with Gasteiger partial charge in [-0.3, -0.25) is 0 Å². The van der Waals surface area contributed by atoms with E-state index < -0.39 is 0 Å². The smallest absolute Gasteiger partial charge is 0.0998 e. The summed E-state index contributed by atoms with van der Waals surface area (Å²) in [6.07, 6.45) is 0. The van der Waals surface area contributed by atoms with Crippen LogP contribution in [0, 0.1) is 45.3 Å². The molecule has 5 aromatic carbocycles. The van der Waals surface area contributed by atoms with E-state index in [-0.39, 0.29) is 0 Å². The molecule has 0 fully saturated rings. The van der Waals surface area contributed by atoms with Gasteiger partial charge in [-0.05, 0) is 88.0 Å². The average Bonchev–Trinajstić information content (AvgIpc) is 3.00. The van der Waals surface area contributed by atoms with Crippen LogP contribution in [0.2, 0.25) is 0 Å². The summed E-state index contributed by atoms with van der Waals surface area (Å²) in [5.41, 5.74) is 9.22. The summed E-state index contributed by atoms with van der Waals surface area (Å²) in [5.74, 6) is 0. The molecule has 0 amide bonds. The molecular weight excluding hydrogens is 464 g/mol. The van der Waals surface area contributed by atoms with E-state index in [1.54, 1.807) is 36.4 Å². The minimum atomic E-state index is 0.506. The molecule has 0 saturated heterocycles. The van der Waals surface area contributed by atoms with Crippen LogP contribution in [0.15, 0.2) is 109 Å². The standard InChI is InChI=1S/C34H18N4/c35-19-23-10-12-31(21-37)33(14-23)29-8-2-6-27(17-29)25-4-1-5-26(16-25)28-7-3-9-30(18-28)34-15-24(20-36)11-13-32(34)22-38/h1-18H. The SMILES string of the molecule is N#Cc1ccc(C#N)c(-c2cccc(-c3cccc(-c4cccc(-c5cc(C#N)ccc5C#N)c4)c3)c2)c1. The molecule has 0 atom stereocenters. The van der Waals surface area contributed by atoms with Gasteiger partial charge in [0.1, 0.15) is 0 Å². The number of nitriles is 4. The van der Waals surface area contributed by atoms with Crippen LogP contribution in [0.3, 0.4) is 0 Å². The molecule has 0 spiro atoms. The van der Waals surface area contributed by atoms with Crippen molar-refractivity contribution >= 4 is 0 Å². The maximum absolute atomic E-state index is 9.59. The first-order valence-corrected chi connectivity index (χ1v) is 11.8. The van der Waals surface area contributed by atoms with Gasteiger partial charge in [0.2, 0.25) is 0 Å². The highest BCUT2D eigenvalue weighted by Gasteiger charge is 2.11. The molecule has 4 heteroatoms. The van der Waals surface area contributed by atoms with Crippen LogP contribution in [0.4, 0.5) is 0 Å². The van der Waals surface area contributed by atoms with Crippen molar-refractivity contribution in [3.05, 3.63) is 131 Å². The fraction of sp³-hybridized carbons (Fsp3) is 0. The first-order chi connectivity index (χ1) is 18.6. The van der Waals surface area contributed by atoms with Crippen molar-refractivity contribution in [2.24, 2.45) is 0 Å². The van der Waals surface area contributed by atoms with E-state index in [1.165, 1.54) is 0 Å². The lowest BCUT2D eigenvalue weighted by Crippen LogP contribution is -1.89. The average molecular weight is 483 g/mol. The van der Waals surface area contributed by atoms with Crippen molar-refractivity contribution < 1.29 is 0 Å². The minimum Gasteiger partial charge on any atom is -0.192 e. The Balaban J connectivity index is 1.55. The Morgan fingerprint density at radius 3 is 1.03 bits per heavy atom. The summed E-state index contributed by atoms with van der Waals surface area (Å²) in [5, 5.41) is 37.8. The zero-order valence-electron chi connectivity index (χ0n) is 20.2. The fourth-order valence-corrected chi connectivity index (χ4v) is 4.51. The highest BCUT2D eigenvalue weighted by atomic mass is 14.3. The van der Waals surface area contributed by atoms with Crippen molar-refractivity contribution in [2.75, 3.05) is 0 Å². The van der Waals surface area contributed by atoms with Crippen LogP contribution in [0.1, 0.15) is 22.3 Å². The Kier molecular flexibility index (Phi) is 6.48. The second-order valence-corrected chi connectivity index (χ2v) is 8.71. The van der Waals surface area contributed by atoms with E-state index in [0.29, 0.717) is 22.3 Å². The van der Waals surface area contributed by atoms with Gasteiger partial charge in [-0.1, -0.05) is 54.6 Å². The zero-order chi connectivity index (χ0) is 26.5. The molecule has 0 aliphatic heterocycles. The molecule has 174 valence electrons. The Hall–Kier alpha value is -5.94. The second kappa shape index (κ2) is 10.4. The normalized spacial score (nSPS) is 10.0. The van der Waals surface area contributed by atoms with E-state index in [2.05, 4.69) is 30.3 Å². The fourth-order valence-electron chi connectivity index (χ4n) is 4.51. The van der Waals surface area contributed by atoms with Crippen LogP contribution in [0.5, 0.6) is 0 Å². The third kappa shape index (κ3) is 4.63. The molecule has 5 rings (SSSR count). The third-order valence-electron chi connectivity index (χ3n) is 6.41. The summed E-state index contributed by atoms with van der Waals surface area (Å²) in [6, 6.07) is 42.9. The number of rotatable bonds is 4. The first kappa shape index (κ1) is 23.8. The lowest BCUT2D eigenvalue weighted by molar-refractivity contribution is 1.44. The molecule has 4 nitrogen and oxygen atoms in total. The highest BCUT2D eigenvalue weighted by Crippen LogP contribution is 2.33. The summed E-state index contributed by atoms with van der Waals surface area (Å²) >= 11 is 0. The molecule has 38 heavy (non-hydrogen) atoms. The third-order valence-corrected chi connectivity index (χ3v) is 6.41. The van der Waals surface area contributed by atoms with Crippen molar-refractivity contribution in [1.82, 2.24) is 0 Å². The molecule has 0 N–H and O–H groups in total. The van der Waals surface area contributed by atoms with Crippen LogP contribution < -0.4 is 0 Å². The van der Waals surface area contributed by atoms with E-state index >= 15 is 0 Å². The van der Waals surface area contributed by atoms with Crippen molar-refractivity contribution in [2.45, 2.75) is 0 Å². The van der Waals surface area contributed by atoms with Crippen LogP contribution >= 0.6 is 0 Å². The lowest BCUT2D eigenvalue weighted by Gasteiger charge is -2.11. The van der Waals surface area contributed by atoms with Crippen molar-refractivity contribution in [3.8, 4) is 68.8 Å². The van der Waals surface area contributed by atoms with Gasteiger partial charge in [-0.2, -0.15) is 21.0 Å². The predicted molar refractivity (Wildman–Crippen MR) is 147 cm³/mol. The molecule has 0 saturated carbocycles. The van der Waals surface area contributed by atoms with E-state index in [0.717, 1.165) is 44.5 Å². The summed E-state index contributed by atoms with van der Waals surface area (Å²) < 4.78 is 0. The molecule has 0 aliphatic rings. The first-order valence-electron chi connectivity index (χ1n) is 11.8. The maximum Gasteiger partial charge on any atom is 0.0998 e. The quantitative estimate of drug-likeness (QED) is 0.261. The summed E-state index contributed by atoms with van der Waals surface area (Å²) in [4.78, 5) is 0. The molecular formula is C34H18N4. The van der Waals surface area contributed by atoms with Gasteiger partial charge >= 0.3 is 0 Å². The largest absolute Gasteiger partial charge is 0.192 e.